The Hall–Kier alpha value is -3.61. The van der Waals surface area contributed by atoms with E-state index < -0.39 is 0 Å². The summed E-state index contributed by atoms with van der Waals surface area (Å²) >= 11 is 1.66. The van der Waals surface area contributed by atoms with E-state index in [1.165, 1.54) is 23.3 Å². The van der Waals surface area contributed by atoms with Gasteiger partial charge in [-0.3, -0.25) is 14.1 Å². The minimum Gasteiger partial charge on any atom is -0.348 e. The number of likely N-dealkylation sites (tertiary alicyclic amines) is 1. The van der Waals surface area contributed by atoms with E-state index in [4.69, 9.17) is 4.98 Å². The monoisotopic (exact) mass is 586 g/mol. The Morgan fingerprint density at radius 2 is 1.88 bits per heavy atom. The molecule has 0 saturated carbocycles. The summed E-state index contributed by atoms with van der Waals surface area (Å²) in [5.74, 6) is 1.52. The number of amides is 1. The van der Waals surface area contributed by atoms with Gasteiger partial charge in [0.2, 0.25) is 5.91 Å². The Bertz CT molecular complexity index is 1530. The van der Waals surface area contributed by atoms with Crippen LogP contribution in [0.4, 0.5) is 10.2 Å². The first-order chi connectivity index (χ1) is 20.3. The van der Waals surface area contributed by atoms with E-state index in [2.05, 4.69) is 64.1 Å². The second kappa shape index (κ2) is 13.1. The van der Waals surface area contributed by atoms with Crippen molar-refractivity contribution in [2.75, 3.05) is 45.7 Å². The fourth-order valence-corrected chi connectivity index (χ4v) is 6.91. The highest BCUT2D eigenvalue weighted by Crippen LogP contribution is 2.41. The van der Waals surface area contributed by atoms with Gasteiger partial charge in [0.15, 0.2) is 0 Å². The van der Waals surface area contributed by atoms with Crippen LogP contribution in [0.5, 0.6) is 0 Å². The molecule has 2 aliphatic rings. The molecule has 2 aromatic heterocycles. The number of hydrogen-bond donors (Lipinski definition) is 0. The molecule has 9 heteroatoms. The lowest BCUT2D eigenvalue weighted by Crippen LogP contribution is -2.40. The molecule has 2 aliphatic heterocycles. The first kappa shape index (κ1) is 29.9. The van der Waals surface area contributed by atoms with Crippen molar-refractivity contribution in [1.29, 1.82) is 5.26 Å². The minimum absolute atomic E-state index is 0.144. The molecule has 0 radical (unpaired) electrons. The summed E-state index contributed by atoms with van der Waals surface area (Å²) in [7, 11) is 5.69. The standard InChI is InChI=1S/C33H39FN6OS/c1-5-23-19-32(42-22-28(23)25-8-11-27(34)12-9-25)38(4)33-29(7-6-16-35)36-30-13-10-26(20-40(30)33)24-14-17-39(18-15-24)21-31(41)37(2)3/h8-13,19-20,22-24H,5-7,14-15,17-18,21H2,1-4H3. The van der Waals surface area contributed by atoms with Crippen LogP contribution in [-0.2, 0) is 11.2 Å². The smallest absolute Gasteiger partial charge is 0.236 e. The number of nitriles is 1. The molecule has 1 atom stereocenters. The highest BCUT2D eigenvalue weighted by Gasteiger charge is 2.26. The maximum atomic E-state index is 13.6. The van der Waals surface area contributed by atoms with E-state index in [-0.39, 0.29) is 17.6 Å². The maximum absolute atomic E-state index is 13.6. The molecule has 0 N–H and O–H groups in total. The predicted octanol–water partition coefficient (Wildman–Crippen LogP) is 6.29. The second-order valence-corrected chi connectivity index (χ2v) is 12.2. The summed E-state index contributed by atoms with van der Waals surface area (Å²) in [5.41, 5.74) is 5.30. The summed E-state index contributed by atoms with van der Waals surface area (Å²) in [6.07, 6.45) is 8.44. The first-order valence-corrected chi connectivity index (χ1v) is 15.6. The molecule has 3 aromatic rings. The maximum Gasteiger partial charge on any atom is 0.236 e. The molecular formula is C33H39FN6OS. The Balaban J connectivity index is 1.41. The largest absolute Gasteiger partial charge is 0.348 e. The van der Waals surface area contributed by atoms with Gasteiger partial charge in [0.1, 0.15) is 17.3 Å². The van der Waals surface area contributed by atoms with Crippen molar-refractivity contribution in [3.8, 4) is 6.07 Å². The van der Waals surface area contributed by atoms with Gasteiger partial charge < -0.3 is 9.80 Å². The number of fused-ring (bicyclic) bond motifs is 1. The van der Waals surface area contributed by atoms with Gasteiger partial charge in [-0.1, -0.05) is 36.9 Å². The molecule has 4 heterocycles. The van der Waals surface area contributed by atoms with Crippen LogP contribution >= 0.6 is 11.8 Å². The molecule has 42 heavy (non-hydrogen) atoms. The van der Waals surface area contributed by atoms with Crippen molar-refractivity contribution in [2.24, 2.45) is 5.92 Å². The highest BCUT2D eigenvalue weighted by molar-refractivity contribution is 8.06. The van der Waals surface area contributed by atoms with E-state index in [9.17, 15) is 14.4 Å². The molecule has 1 fully saturated rings. The molecular weight excluding hydrogens is 547 g/mol. The van der Waals surface area contributed by atoms with Crippen molar-refractivity contribution in [2.45, 2.75) is 44.9 Å². The number of benzene rings is 1. The third kappa shape index (κ3) is 6.40. The Labute approximate surface area is 252 Å². The van der Waals surface area contributed by atoms with Crippen LogP contribution < -0.4 is 4.90 Å². The summed E-state index contributed by atoms with van der Waals surface area (Å²) in [6, 6.07) is 13.3. The topological polar surface area (TPSA) is 67.9 Å². The van der Waals surface area contributed by atoms with Gasteiger partial charge in [0.25, 0.3) is 0 Å². The molecule has 1 saturated heterocycles. The van der Waals surface area contributed by atoms with Crippen LogP contribution in [0.2, 0.25) is 0 Å². The van der Waals surface area contributed by atoms with Crippen LogP contribution in [0, 0.1) is 23.1 Å². The van der Waals surface area contributed by atoms with E-state index in [0.717, 1.165) is 60.1 Å². The number of piperidine rings is 1. The van der Waals surface area contributed by atoms with Crippen LogP contribution in [0.25, 0.3) is 11.2 Å². The number of aryl methyl sites for hydroxylation is 1. The number of hydrogen-bond acceptors (Lipinski definition) is 6. The average Bonchev–Trinajstić information content (AvgIpc) is 3.37. The summed E-state index contributed by atoms with van der Waals surface area (Å²) in [5, 5.41) is 12.6. The van der Waals surface area contributed by atoms with Gasteiger partial charge in [-0.05, 0) is 84.7 Å². The SMILES string of the molecule is CCC1C=C(N(C)c2c(CCC#N)nc3ccc(C4CCN(CC(=O)N(C)C)CC4)cn23)SC=C1c1ccc(F)cc1. The molecule has 5 rings (SSSR count). The number of anilines is 1. The van der Waals surface area contributed by atoms with Crippen molar-refractivity contribution < 1.29 is 9.18 Å². The lowest BCUT2D eigenvalue weighted by molar-refractivity contribution is -0.130. The van der Waals surface area contributed by atoms with Crippen molar-refractivity contribution >= 4 is 34.7 Å². The van der Waals surface area contributed by atoms with Crippen molar-refractivity contribution in [3.05, 3.63) is 81.7 Å². The van der Waals surface area contributed by atoms with Gasteiger partial charge in [-0.2, -0.15) is 5.26 Å². The van der Waals surface area contributed by atoms with Gasteiger partial charge in [0.05, 0.1) is 23.3 Å². The second-order valence-electron chi connectivity index (χ2n) is 11.3. The molecule has 1 aromatic carbocycles. The fraction of sp³-hybridized carbons (Fsp3) is 0.424. The molecule has 7 nitrogen and oxygen atoms in total. The van der Waals surface area contributed by atoms with Crippen molar-refractivity contribution in [1.82, 2.24) is 19.2 Å². The molecule has 0 spiro atoms. The van der Waals surface area contributed by atoms with E-state index in [1.807, 2.05) is 12.1 Å². The van der Waals surface area contributed by atoms with Crippen LogP contribution in [0.1, 0.15) is 55.3 Å². The van der Waals surface area contributed by atoms with Gasteiger partial charge in [-0.15, -0.1) is 0 Å². The van der Waals surface area contributed by atoms with Crippen LogP contribution in [0.15, 0.2) is 59.1 Å². The summed E-state index contributed by atoms with van der Waals surface area (Å²) < 4.78 is 15.7. The number of carbonyl (C=O) groups is 1. The third-order valence-electron chi connectivity index (χ3n) is 8.39. The lowest BCUT2D eigenvalue weighted by Gasteiger charge is -2.32. The Kier molecular flexibility index (Phi) is 9.34. The molecule has 1 amide bonds. The number of imidazole rings is 1. The summed E-state index contributed by atoms with van der Waals surface area (Å²) in [6.45, 7) is 4.45. The molecule has 0 aliphatic carbocycles. The van der Waals surface area contributed by atoms with Gasteiger partial charge >= 0.3 is 0 Å². The van der Waals surface area contributed by atoms with Crippen LogP contribution in [0.3, 0.4) is 0 Å². The Morgan fingerprint density at radius 3 is 2.55 bits per heavy atom. The number of halogens is 1. The minimum atomic E-state index is -0.228. The zero-order valence-electron chi connectivity index (χ0n) is 24.9. The number of pyridine rings is 1. The van der Waals surface area contributed by atoms with E-state index >= 15 is 0 Å². The number of rotatable bonds is 9. The quantitative estimate of drug-likeness (QED) is 0.294. The zero-order valence-corrected chi connectivity index (χ0v) is 25.7. The Morgan fingerprint density at radius 1 is 1.14 bits per heavy atom. The van der Waals surface area contributed by atoms with Crippen molar-refractivity contribution in [3.63, 3.8) is 0 Å². The fourth-order valence-electron chi connectivity index (χ4n) is 5.86. The number of aromatic nitrogens is 2. The number of carbonyl (C=O) groups excluding carboxylic acids is 1. The first-order valence-electron chi connectivity index (χ1n) is 14.7. The molecule has 220 valence electrons. The van der Waals surface area contributed by atoms with Crippen LogP contribution in [-0.4, -0.2) is 65.9 Å². The third-order valence-corrected chi connectivity index (χ3v) is 9.41. The zero-order chi connectivity index (χ0) is 29.8. The normalized spacial score (nSPS) is 18.0. The lowest BCUT2D eigenvalue weighted by atomic mass is 9.90. The number of thioether (sulfide) groups is 1. The number of likely N-dealkylation sites (N-methyl/N-ethyl adjacent to an activating group) is 1. The highest BCUT2D eigenvalue weighted by atomic mass is 32.2. The van der Waals surface area contributed by atoms with Gasteiger partial charge in [0, 0.05) is 46.1 Å². The summed E-state index contributed by atoms with van der Waals surface area (Å²) in [4.78, 5) is 23.3. The van der Waals surface area contributed by atoms with E-state index in [0.29, 0.717) is 25.3 Å². The average molecular weight is 587 g/mol. The number of allylic oxidation sites excluding steroid dienone is 2. The van der Waals surface area contributed by atoms with Gasteiger partial charge in [-0.25, -0.2) is 9.37 Å². The molecule has 1 unspecified atom stereocenters. The predicted molar refractivity (Wildman–Crippen MR) is 168 cm³/mol. The molecule has 0 bridgehead atoms. The number of nitrogens with zero attached hydrogens (tertiary/aromatic N) is 6. The van der Waals surface area contributed by atoms with E-state index in [1.54, 1.807) is 30.8 Å².